The van der Waals surface area contributed by atoms with Gasteiger partial charge in [-0.15, -0.1) is 0 Å². The second-order valence-corrected chi connectivity index (χ2v) is 4.58. The molecule has 1 aliphatic heterocycles. The van der Waals surface area contributed by atoms with Crippen molar-refractivity contribution in [3.63, 3.8) is 0 Å². The number of methoxy groups -OCH3 is 1. The quantitative estimate of drug-likeness (QED) is 0.827. The molecule has 1 unspecified atom stereocenters. The third kappa shape index (κ3) is 2.54. The first-order valence-corrected chi connectivity index (χ1v) is 6.11. The monoisotopic (exact) mass is 250 g/mol. The maximum atomic E-state index is 9.29. The Balaban J connectivity index is 2.25. The fourth-order valence-corrected chi connectivity index (χ4v) is 2.49. The Morgan fingerprint density at radius 1 is 1.41 bits per heavy atom. The molecule has 0 N–H and O–H groups in total. The molecule has 0 saturated carbocycles. The van der Waals surface area contributed by atoms with Crippen LogP contribution in [0.1, 0.15) is 24.4 Å². The molecule has 1 aliphatic rings. The number of hydrogen-bond donors (Lipinski definition) is 0. The molecule has 1 fully saturated rings. The van der Waals surface area contributed by atoms with Gasteiger partial charge in [0.15, 0.2) is 0 Å². The molecule has 0 bridgehead atoms. The molecule has 17 heavy (non-hydrogen) atoms. The van der Waals surface area contributed by atoms with Gasteiger partial charge < -0.3 is 4.74 Å². The summed E-state index contributed by atoms with van der Waals surface area (Å²) in [6, 6.07) is 7.71. The second-order valence-electron chi connectivity index (χ2n) is 4.17. The van der Waals surface area contributed by atoms with E-state index >= 15 is 0 Å². The predicted molar refractivity (Wildman–Crippen MR) is 67.2 cm³/mol. The van der Waals surface area contributed by atoms with Crippen LogP contribution < -0.4 is 4.74 Å². The molecule has 0 aromatic heterocycles. The molecule has 1 saturated heterocycles. The third-order valence-electron chi connectivity index (χ3n) is 3.12. The topological polar surface area (TPSA) is 36.3 Å². The van der Waals surface area contributed by atoms with E-state index in [-0.39, 0.29) is 6.04 Å². The molecule has 0 radical (unpaired) electrons. The van der Waals surface area contributed by atoms with E-state index in [9.17, 15) is 5.26 Å². The van der Waals surface area contributed by atoms with Gasteiger partial charge in [-0.1, -0.05) is 17.7 Å². The number of halogens is 1. The third-order valence-corrected chi connectivity index (χ3v) is 3.42. The van der Waals surface area contributed by atoms with Crippen molar-refractivity contribution in [2.75, 3.05) is 20.2 Å². The average Bonchev–Trinajstić information content (AvgIpc) is 2.84. The predicted octanol–water partition coefficient (Wildman–Crippen LogP) is 3.01. The maximum Gasteiger partial charge on any atom is 0.137 e. The van der Waals surface area contributed by atoms with Gasteiger partial charge in [0, 0.05) is 0 Å². The van der Waals surface area contributed by atoms with Gasteiger partial charge in [0.1, 0.15) is 11.8 Å². The second kappa shape index (κ2) is 5.39. The van der Waals surface area contributed by atoms with E-state index in [1.54, 1.807) is 7.11 Å². The Morgan fingerprint density at radius 3 is 2.65 bits per heavy atom. The van der Waals surface area contributed by atoms with Crippen molar-refractivity contribution in [2.45, 2.75) is 18.9 Å². The van der Waals surface area contributed by atoms with E-state index in [0.29, 0.717) is 10.8 Å². The van der Waals surface area contributed by atoms with Crippen LogP contribution in [0.25, 0.3) is 0 Å². The van der Waals surface area contributed by atoms with Crippen LogP contribution in [0, 0.1) is 11.3 Å². The minimum absolute atomic E-state index is 0.194. The van der Waals surface area contributed by atoms with Crippen molar-refractivity contribution in [3.8, 4) is 11.8 Å². The van der Waals surface area contributed by atoms with Crippen LogP contribution in [-0.4, -0.2) is 25.1 Å². The van der Waals surface area contributed by atoms with Gasteiger partial charge in [-0.25, -0.2) is 0 Å². The summed E-state index contributed by atoms with van der Waals surface area (Å²) in [6.45, 7) is 1.98. The van der Waals surface area contributed by atoms with Crippen molar-refractivity contribution in [1.82, 2.24) is 4.90 Å². The standard InChI is InChI=1S/C13H15ClN2O/c1-17-13-5-4-10(8-11(13)14)12(9-15)16-6-2-3-7-16/h4-5,8,12H,2-3,6-7H2,1H3. The highest BCUT2D eigenvalue weighted by Crippen LogP contribution is 2.31. The molecule has 1 heterocycles. The fourth-order valence-electron chi connectivity index (χ4n) is 2.22. The van der Waals surface area contributed by atoms with Gasteiger partial charge in [0.05, 0.1) is 18.2 Å². The van der Waals surface area contributed by atoms with Gasteiger partial charge in [-0.3, -0.25) is 4.90 Å². The van der Waals surface area contributed by atoms with Gasteiger partial charge in [0.25, 0.3) is 0 Å². The highest BCUT2D eigenvalue weighted by Gasteiger charge is 2.23. The largest absolute Gasteiger partial charge is 0.495 e. The lowest BCUT2D eigenvalue weighted by atomic mass is 10.1. The van der Waals surface area contributed by atoms with E-state index in [1.807, 2.05) is 18.2 Å². The Labute approximate surface area is 107 Å². The molecule has 3 nitrogen and oxygen atoms in total. The highest BCUT2D eigenvalue weighted by molar-refractivity contribution is 6.32. The molecule has 0 spiro atoms. The summed E-state index contributed by atoms with van der Waals surface area (Å²) < 4.78 is 5.11. The molecule has 0 aliphatic carbocycles. The summed E-state index contributed by atoms with van der Waals surface area (Å²) in [7, 11) is 1.59. The number of rotatable bonds is 3. The SMILES string of the molecule is COc1ccc(C(C#N)N2CCCC2)cc1Cl. The van der Waals surface area contributed by atoms with E-state index in [4.69, 9.17) is 16.3 Å². The first-order valence-electron chi connectivity index (χ1n) is 5.73. The number of likely N-dealkylation sites (tertiary alicyclic amines) is 1. The lowest BCUT2D eigenvalue weighted by molar-refractivity contribution is 0.294. The molecular weight excluding hydrogens is 236 g/mol. The number of ether oxygens (including phenoxy) is 1. The van der Waals surface area contributed by atoms with Gasteiger partial charge in [0.2, 0.25) is 0 Å². The molecule has 1 aromatic carbocycles. The minimum Gasteiger partial charge on any atom is -0.495 e. The van der Waals surface area contributed by atoms with E-state index in [2.05, 4.69) is 11.0 Å². The van der Waals surface area contributed by atoms with Gasteiger partial charge in [-0.2, -0.15) is 5.26 Å². The van der Waals surface area contributed by atoms with Crippen LogP contribution in [-0.2, 0) is 0 Å². The number of hydrogen-bond acceptors (Lipinski definition) is 3. The zero-order chi connectivity index (χ0) is 12.3. The van der Waals surface area contributed by atoms with Crippen LogP contribution in [0.2, 0.25) is 5.02 Å². The smallest absolute Gasteiger partial charge is 0.137 e. The summed E-state index contributed by atoms with van der Waals surface area (Å²) in [4.78, 5) is 2.19. The summed E-state index contributed by atoms with van der Waals surface area (Å²) in [6.07, 6.45) is 2.34. The molecule has 4 heteroatoms. The van der Waals surface area contributed by atoms with Crippen LogP contribution in [0.15, 0.2) is 18.2 Å². The summed E-state index contributed by atoms with van der Waals surface area (Å²) >= 11 is 6.08. The van der Waals surface area contributed by atoms with Gasteiger partial charge >= 0.3 is 0 Å². The van der Waals surface area contributed by atoms with Crippen LogP contribution in [0.5, 0.6) is 5.75 Å². The first-order chi connectivity index (χ1) is 8.26. The van der Waals surface area contributed by atoms with Crippen molar-refractivity contribution in [2.24, 2.45) is 0 Å². The summed E-state index contributed by atoms with van der Waals surface area (Å²) in [5.74, 6) is 0.647. The van der Waals surface area contributed by atoms with E-state index < -0.39 is 0 Å². The molecule has 1 aromatic rings. The highest BCUT2D eigenvalue weighted by atomic mass is 35.5. The Kier molecular flexibility index (Phi) is 3.88. The Hall–Kier alpha value is -1.24. The maximum absolute atomic E-state index is 9.29. The first kappa shape index (κ1) is 12.2. The Bertz CT molecular complexity index is 436. The van der Waals surface area contributed by atoms with Crippen LogP contribution in [0.4, 0.5) is 0 Å². The van der Waals surface area contributed by atoms with Crippen LogP contribution >= 0.6 is 11.6 Å². The molecular formula is C13H15ClN2O. The zero-order valence-corrected chi connectivity index (χ0v) is 10.6. The summed E-state index contributed by atoms with van der Waals surface area (Å²) in [5, 5.41) is 9.85. The van der Waals surface area contributed by atoms with E-state index in [0.717, 1.165) is 18.7 Å². The average molecular weight is 251 g/mol. The molecule has 1 atom stereocenters. The number of nitriles is 1. The lowest BCUT2D eigenvalue weighted by Crippen LogP contribution is -2.24. The van der Waals surface area contributed by atoms with Crippen molar-refractivity contribution in [3.05, 3.63) is 28.8 Å². The minimum atomic E-state index is -0.194. The zero-order valence-electron chi connectivity index (χ0n) is 9.82. The van der Waals surface area contributed by atoms with Crippen molar-refractivity contribution >= 4 is 11.6 Å². The van der Waals surface area contributed by atoms with Crippen LogP contribution in [0.3, 0.4) is 0 Å². The molecule has 2 rings (SSSR count). The van der Waals surface area contributed by atoms with E-state index in [1.165, 1.54) is 12.8 Å². The lowest BCUT2D eigenvalue weighted by Gasteiger charge is -2.21. The van der Waals surface area contributed by atoms with Crippen molar-refractivity contribution < 1.29 is 4.74 Å². The number of nitrogens with zero attached hydrogens (tertiary/aromatic N) is 2. The van der Waals surface area contributed by atoms with Gasteiger partial charge in [-0.05, 0) is 43.6 Å². The fraction of sp³-hybridized carbons (Fsp3) is 0.462. The Morgan fingerprint density at radius 2 is 2.12 bits per heavy atom. The normalized spacial score (nSPS) is 17.7. The molecule has 0 amide bonds. The number of benzene rings is 1. The summed E-state index contributed by atoms with van der Waals surface area (Å²) in [5.41, 5.74) is 0.945. The molecule has 90 valence electrons. The van der Waals surface area contributed by atoms with Crippen molar-refractivity contribution in [1.29, 1.82) is 5.26 Å².